The molecule has 1 heterocycles. The molecule has 0 unspecified atom stereocenters. The molecule has 19 heavy (non-hydrogen) atoms. The molecule has 3 rings (SSSR count). The van der Waals surface area contributed by atoms with Gasteiger partial charge in [-0.1, -0.05) is 6.07 Å². The second-order valence-corrected chi connectivity index (χ2v) is 4.69. The quantitative estimate of drug-likeness (QED) is 0.698. The van der Waals surface area contributed by atoms with Crippen LogP contribution in [0.4, 0.5) is 8.78 Å². The summed E-state index contributed by atoms with van der Waals surface area (Å²) in [6, 6.07) is 8.12. The Morgan fingerprint density at radius 2 is 1.79 bits per heavy atom. The van der Waals surface area contributed by atoms with E-state index in [0.717, 1.165) is 22.7 Å². The second kappa shape index (κ2) is 4.16. The lowest BCUT2D eigenvalue weighted by Gasteiger charge is -2.02. The number of hydrogen-bond donors (Lipinski definition) is 1. The van der Waals surface area contributed by atoms with Gasteiger partial charge in [0.05, 0.1) is 16.6 Å². The lowest BCUT2D eigenvalue weighted by Crippen LogP contribution is -1.91. The number of H-pyrrole nitrogens is 1. The van der Waals surface area contributed by atoms with Crippen molar-refractivity contribution in [3.63, 3.8) is 0 Å². The zero-order valence-corrected chi connectivity index (χ0v) is 10.6. The average molecular weight is 258 g/mol. The predicted octanol–water partition coefficient (Wildman–Crippen LogP) is 4.12. The molecule has 3 aromatic rings. The number of rotatable bonds is 1. The summed E-state index contributed by atoms with van der Waals surface area (Å²) in [5.74, 6) is -0.742. The van der Waals surface area contributed by atoms with Crippen LogP contribution in [0.15, 0.2) is 30.3 Å². The number of fused-ring (bicyclic) bond motifs is 1. The highest BCUT2D eigenvalue weighted by Gasteiger charge is 2.13. The van der Waals surface area contributed by atoms with Crippen LogP contribution >= 0.6 is 0 Å². The molecular weight excluding hydrogens is 246 g/mol. The third-order valence-electron chi connectivity index (χ3n) is 3.14. The maximum atomic E-state index is 13.8. The first kappa shape index (κ1) is 11.8. The molecule has 0 bridgehead atoms. The van der Waals surface area contributed by atoms with Crippen LogP contribution in [-0.2, 0) is 0 Å². The summed E-state index contributed by atoms with van der Waals surface area (Å²) < 4.78 is 27.1. The first-order chi connectivity index (χ1) is 9.04. The lowest BCUT2D eigenvalue weighted by molar-refractivity contribution is 0.579. The van der Waals surface area contributed by atoms with Gasteiger partial charge in [-0.25, -0.2) is 13.8 Å². The van der Waals surface area contributed by atoms with Crippen molar-refractivity contribution in [3.05, 3.63) is 53.1 Å². The lowest BCUT2D eigenvalue weighted by atomic mass is 10.1. The molecule has 0 radical (unpaired) electrons. The number of nitrogens with zero attached hydrogens (tertiary/aromatic N) is 1. The number of aromatic amines is 1. The van der Waals surface area contributed by atoms with Crippen LogP contribution in [0.1, 0.15) is 11.1 Å². The maximum Gasteiger partial charge on any atom is 0.141 e. The van der Waals surface area contributed by atoms with E-state index in [1.165, 1.54) is 6.07 Å². The molecule has 0 aliphatic carbocycles. The molecule has 2 aromatic carbocycles. The number of aromatic nitrogens is 2. The molecule has 4 heteroatoms. The molecule has 0 amide bonds. The molecule has 96 valence electrons. The van der Waals surface area contributed by atoms with Crippen LogP contribution < -0.4 is 0 Å². The molecule has 1 aromatic heterocycles. The molecule has 2 nitrogen and oxygen atoms in total. The standard InChI is InChI=1S/C15H12F2N2/c1-8-3-4-13-14(5-8)19-15(18-13)10-6-9(2)11(16)7-12(10)17/h3-7H,1-2H3,(H,18,19). The van der Waals surface area contributed by atoms with E-state index in [4.69, 9.17) is 0 Å². The van der Waals surface area contributed by atoms with E-state index in [9.17, 15) is 8.78 Å². The van der Waals surface area contributed by atoms with Gasteiger partial charge in [0.2, 0.25) is 0 Å². The van der Waals surface area contributed by atoms with Crippen molar-refractivity contribution >= 4 is 11.0 Å². The zero-order valence-electron chi connectivity index (χ0n) is 10.6. The first-order valence-electron chi connectivity index (χ1n) is 5.97. The van der Waals surface area contributed by atoms with Crippen molar-refractivity contribution < 1.29 is 8.78 Å². The molecule has 0 aliphatic rings. The van der Waals surface area contributed by atoms with Gasteiger partial charge in [0.25, 0.3) is 0 Å². The van der Waals surface area contributed by atoms with Gasteiger partial charge in [-0.2, -0.15) is 0 Å². The SMILES string of the molecule is Cc1ccc2nc(-c3cc(C)c(F)cc3F)[nH]c2c1. The summed E-state index contributed by atoms with van der Waals surface area (Å²) in [6.07, 6.45) is 0. The Morgan fingerprint density at radius 1 is 1.00 bits per heavy atom. The van der Waals surface area contributed by atoms with Gasteiger partial charge in [0.15, 0.2) is 0 Å². The van der Waals surface area contributed by atoms with E-state index < -0.39 is 11.6 Å². The highest BCUT2D eigenvalue weighted by molar-refractivity contribution is 5.80. The number of imidazole rings is 1. The summed E-state index contributed by atoms with van der Waals surface area (Å²) in [4.78, 5) is 7.40. The summed E-state index contributed by atoms with van der Waals surface area (Å²) >= 11 is 0. The van der Waals surface area contributed by atoms with Crippen LogP contribution in [0.25, 0.3) is 22.4 Å². The summed E-state index contributed by atoms with van der Waals surface area (Å²) in [6.45, 7) is 3.58. The summed E-state index contributed by atoms with van der Waals surface area (Å²) in [7, 11) is 0. The Morgan fingerprint density at radius 3 is 2.58 bits per heavy atom. The van der Waals surface area contributed by atoms with Gasteiger partial charge >= 0.3 is 0 Å². The fourth-order valence-electron chi connectivity index (χ4n) is 2.09. The zero-order chi connectivity index (χ0) is 13.6. The predicted molar refractivity (Wildman–Crippen MR) is 70.9 cm³/mol. The molecule has 0 saturated heterocycles. The Hall–Kier alpha value is -2.23. The topological polar surface area (TPSA) is 28.7 Å². The van der Waals surface area contributed by atoms with Crippen molar-refractivity contribution in [2.24, 2.45) is 0 Å². The van der Waals surface area contributed by atoms with Crippen LogP contribution in [0.2, 0.25) is 0 Å². The Kier molecular flexibility index (Phi) is 2.59. The van der Waals surface area contributed by atoms with E-state index in [1.54, 1.807) is 6.92 Å². The molecule has 1 N–H and O–H groups in total. The van der Waals surface area contributed by atoms with Gasteiger partial charge in [-0.05, 0) is 43.2 Å². The molecule has 0 saturated carbocycles. The average Bonchev–Trinajstić information content (AvgIpc) is 2.76. The van der Waals surface area contributed by atoms with Crippen LogP contribution in [0.3, 0.4) is 0 Å². The molecule has 0 aliphatic heterocycles. The minimum Gasteiger partial charge on any atom is -0.338 e. The smallest absolute Gasteiger partial charge is 0.141 e. The van der Waals surface area contributed by atoms with Gasteiger partial charge in [-0.15, -0.1) is 0 Å². The number of hydrogen-bond acceptors (Lipinski definition) is 1. The number of benzene rings is 2. The number of halogens is 2. The van der Waals surface area contributed by atoms with E-state index in [0.29, 0.717) is 11.4 Å². The molecular formula is C15H12F2N2. The molecule has 0 atom stereocenters. The Balaban J connectivity index is 2.21. The minimum atomic E-state index is -0.612. The molecule has 0 spiro atoms. The van der Waals surface area contributed by atoms with E-state index in [1.807, 2.05) is 25.1 Å². The Labute approximate surface area is 109 Å². The van der Waals surface area contributed by atoms with Gasteiger partial charge in [-0.3, -0.25) is 0 Å². The number of aryl methyl sites for hydroxylation is 2. The minimum absolute atomic E-state index is 0.285. The maximum absolute atomic E-state index is 13.8. The van der Waals surface area contributed by atoms with Gasteiger partial charge in [0.1, 0.15) is 17.5 Å². The third-order valence-corrected chi connectivity index (χ3v) is 3.14. The van der Waals surface area contributed by atoms with Crippen molar-refractivity contribution in [2.75, 3.05) is 0 Å². The van der Waals surface area contributed by atoms with Crippen molar-refractivity contribution in [1.29, 1.82) is 0 Å². The van der Waals surface area contributed by atoms with E-state index >= 15 is 0 Å². The summed E-state index contributed by atoms with van der Waals surface area (Å²) in [5, 5.41) is 0. The second-order valence-electron chi connectivity index (χ2n) is 4.69. The monoisotopic (exact) mass is 258 g/mol. The van der Waals surface area contributed by atoms with Crippen molar-refractivity contribution in [1.82, 2.24) is 9.97 Å². The largest absolute Gasteiger partial charge is 0.338 e. The van der Waals surface area contributed by atoms with Crippen LogP contribution in [-0.4, -0.2) is 9.97 Å². The van der Waals surface area contributed by atoms with E-state index in [-0.39, 0.29) is 5.56 Å². The third kappa shape index (κ3) is 1.99. The number of nitrogens with one attached hydrogen (secondary N) is 1. The highest BCUT2D eigenvalue weighted by Crippen LogP contribution is 2.25. The fourth-order valence-corrected chi connectivity index (χ4v) is 2.09. The van der Waals surface area contributed by atoms with Crippen molar-refractivity contribution in [2.45, 2.75) is 13.8 Å². The highest BCUT2D eigenvalue weighted by atomic mass is 19.1. The van der Waals surface area contributed by atoms with Gasteiger partial charge < -0.3 is 4.98 Å². The van der Waals surface area contributed by atoms with E-state index in [2.05, 4.69) is 9.97 Å². The Bertz CT molecular complexity index is 775. The normalized spacial score (nSPS) is 11.2. The fraction of sp³-hybridized carbons (Fsp3) is 0.133. The summed E-state index contributed by atoms with van der Waals surface area (Å²) in [5.41, 5.74) is 3.39. The van der Waals surface area contributed by atoms with Gasteiger partial charge in [0, 0.05) is 6.07 Å². The van der Waals surface area contributed by atoms with Crippen LogP contribution in [0, 0.1) is 25.5 Å². The molecule has 0 fully saturated rings. The van der Waals surface area contributed by atoms with Crippen LogP contribution in [0.5, 0.6) is 0 Å². The first-order valence-corrected chi connectivity index (χ1v) is 5.97. The van der Waals surface area contributed by atoms with Crippen molar-refractivity contribution in [3.8, 4) is 11.4 Å².